The Bertz CT molecular complexity index is 897. The fourth-order valence-corrected chi connectivity index (χ4v) is 2.14. The van der Waals surface area contributed by atoms with Crippen molar-refractivity contribution in [1.82, 2.24) is 0 Å². The van der Waals surface area contributed by atoms with Crippen LogP contribution in [0.15, 0.2) is 42.5 Å². The van der Waals surface area contributed by atoms with Crippen LogP contribution >= 0.6 is 11.6 Å². The van der Waals surface area contributed by atoms with Crippen LogP contribution in [0.25, 0.3) is 0 Å². The maximum atomic E-state index is 12.1. The minimum atomic E-state index is -1.00. The van der Waals surface area contributed by atoms with E-state index < -0.39 is 35.1 Å². The van der Waals surface area contributed by atoms with E-state index in [1.165, 1.54) is 0 Å². The number of esters is 2. The van der Waals surface area contributed by atoms with Crippen LogP contribution in [-0.2, 0) is 14.3 Å². The molecule has 2 aromatic rings. The van der Waals surface area contributed by atoms with E-state index in [4.69, 9.17) is 16.3 Å². The summed E-state index contributed by atoms with van der Waals surface area (Å²) in [7, 11) is 1.10. The molecule has 1 amide bonds. The molecule has 0 heterocycles. The van der Waals surface area contributed by atoms with E-state index >= 15 is 0 Å². The Labute approximate surface area is 158 Å². The number of benzene rings is 2. The summed E-state index contributed by atoms with van der Waals surface area (Å²) < 4.78 is 9.33. The highest BCUT2D eigenvalue weighted by Crippen LogP contribution is 2.19. The van der Waals surface area contributed by atoms with E-state index in [2.05, 4.69) is 10.1 Å². The summed E-state index contributed by atoms with van der Waals surface area (Å²) in [5.41, 5.74) is -0.493. The van der Waals surface area contributed by atoms with Crippen LogP contribution in [0.5, 0.6) is 0 Å². The highest BCUT2D eigenvalue weighted by atomic mass is 35.5. The molecular weight excluding hydrogens is 380 g/mol. The summed E-state index contributed by atoms with van der Waals surface area (Å²) in [6.45, 7) is -0.627. The molecule has 0 aliphatic carbocycles. The Morgan fingerprint density at radius 3 is 2.22 bits per heavy atom. The number of nitrogens with zero attached hydrogens (tertiary/aromatic N) is 1. The molecule has 0 unspecified atom stereocenters. The van der Waals surface area contributed by atoms with Gasteiger partial charge >= 0.3 is 11.9 Å². The number of hydrogen-bond acceptors (Lipinski definition) is 7. The lowest BCUT2D eigenvalue weighted by molar-refractivity contribution is -0.384. The number of anilines is 1. The molecule has 9 nitrogen and oxygen atoms in total. The minimum absolute atomic E-state index is 0.190. The first-order valence-corrected chi connectivity index (χ1v) is 7.78. The van der Waals surface area contributed by atoms with E-state index in [1.807, 2.05) is 0 Å². The number of non-ortho nitro benzene ring substituents is 1. The lowest BCUT2D eigenvalue weighted by atomic mass is 10.1. The molecule has 27 heavy (non-hydrogen) atoms. The summed E-state index contributed by atoms with van der Waals surface area (Å²) in [5, 5.41) is 13.9. The van der Waals surface area contributed by atoms with Crippen molar-refractivity contribution in [2.75, 3.05) is 19.0 Å². The first-order valence-electron chi connectivity index (χ1n) is 7.40. The number of nitro benzene ring substituents is 1. The second-order valence-corrected chi connectivity index (χ2v) is 5.58. The van der Waals surface area contributed by atoms with Crippen LogP contribution in [0.2, 0.25) is 5.02 Å². The van der Waals surface area contributed by atoms with Gasteiger partial charge in [-0.1, -0.05) is 11.6 Å². The Hall–Kier alpha value is -3.46. The highest BCUT2D eigenvalue weighted by molar-refractivity contribution is 6.30. The third kappa shape index (κ3) is 5.51. The van der Waals surface area contributed by atoms with Crippen LogP contribution in [0, 0.1) is 10.1 Å². The molecule has 2 rings (SSSR count). The molecule has 2 aromatic carbocycles. The van der Waals surface area contributed by atoms with Gasteiger partial charge in [0, 0.05) is 22.8 Å². The second kappa shape index (κ2) is 8.77. The number of carbonyl (C=O) groups excluding carboxylic acids is 3. The number of nitro groups is 1. The Morgan fingerprint density at radius 1 is 1.07 bits per heavy atom. The summed E-state index contributed by atoms with van der Waals surface area (Å²) in [6.07, 6.45) is 0. The number of amides is 1. The van der Waals surface area contributed by atoms with Gasteiger partial charge in [-0.3, -0.25) is 14.9 Å². The topological polar surface area (TPSA) is 125 Å². The fraction of sp³-hybridized carbons (Fsp3) is 0.118. The van der Waals surface area contributed by atoms with Crippen LogP contribution in [0.3, 0.4) is 0 Å². The number of nitrogens with one attached hydrogen (secondary N) is 1. The van der Waals surface area contributed by atoms with Gasteiger partial charge in [-0.25, -0.2) is 9.59 Å². The van der Waals surface area contributed by atoms with E-state index in [9.17, 15) is 24.5 Å². The van der Waals surface area contributed by atoms with Gasteiger partial charge in [0.1, 0.15) is 0 Å². The highest BCUT2D eigenvalue weighted by Gasteiger charge is 2.20. The fourth-order valence-electron chi connectivity index (χ4n) is 2.01. The first kappa shape index (κ1) is 19.9. The van der Waals surface area contributed by atoms with Crippen molar-refractivity contribution >= 4 is 40.8 Å². The largest absolute Gasteiger partial charge is 0.465 e. The van der Waals surface area contributed by atoms with E-state index in [0.717, 1.165) is 25.3 Å². The zero-order valence-electron chi connectivity index (χ0n) is 13.9. The molecule has 0 bridgehead atoms. The Balaban J connectivity index is 2.07. The summed E-state index contributed by atoms with van der Waals surface area (Å²) in [5.74, 6) is -2.48. The van der Waals surface area contributed by atoms with Gasteiger partial charge < -0.3 is 14.8 Å². The number of rotatable bonds is 6. The van der Waals surface area contributed by atoms with Gasteiger partial charge in [0.05, 0.1) is 23.2 Å². The molecule has 0 atom stereocenters. The molecule has 0 saturated heterocycles. The van der Waals surface area contributed by atoms with E-state index in [-0.39, 0.29) is 11.1 Å². The predicted molar refractivity (Wildman–Crippen MR) is 94.8 cm³/mol. The number of halogens is 1. The van der Waals surface area contributed by atoms with Crippen LogP contribution < -0.4 is 5.32 Å². The molecule has 140 valence electrons. The third-order valence-corrected chi connectivity index (χ3v) is 3.50. The Morgan fingerprint density at radius 2 is 1.67 bits per heavy atom. The van der Waals surface area contributed by atoms with Gasteiger partial charge in [-0.2, -0.15) is 0 Å². The average Bonchev–Trinajstić information content (AvgIpc) is 2.66. The van der Waals surface area contributed by atoms with Crippen molar-refractivity contribution in [2.45, 2.75) is 0 Å². The molecule has 0 fully saturated rings. The molecule has 0 radical (unpaired) electrons. The molecule has 0 aromatic heterocycles. The predicted octanol–water partition coefficient (Wildman–Crippen LogP) is 2.83. The van der Waals surface area contributed by atoms with Gasteiger partial charge in [0.15, 0.2) is 6.61 Å². The molecule has 0 saturated carbocycles. The van der Waals surface area contributed by atoms with Gasteiger partial charge in [0.25, 0.3) is 11.6 Å². The zero-order valence-corrected chi connectivity index (χ0v) is 14.7. The number of hydrogen-bond donors (Lipinski definition) is 1. The minimum Gasteiger partial charge on any atom is -0.465 e. The van der Waals surface area contributed by atoms with E-state index in [0.29, 0.717) is 10.7 Å². The van der Waals surface area contributed by atoms with E-state index in [1.54, 1.807) is 24.3 Å². The van der Waals surface area contributed by atoms with Gasteiger partial charge in [0.2, 0.25) is 0 Å². The monoisotopic (exact) mass is 392 g/mol. The SMILES string of the molecule is COC(=O)c1cc(C(=O)OCC(=O)Nc2ccc(Cl)cc2)cc([N+](=O)[O-])c1. The molecule has 0 spiro atoms. The molecular formula is C17H13ClN2O7. The van der Waals surface area contributed by atoms with Crippen molar-refractivity contribution < 1.29 is 28.8 Å². The van der Waals surface area contributed by atoms with Crippen molar-refractivity contribution in [3.8, 4) is 0 Å². The van der Waals surface area contributed by atoms with Crippen LogP contribution in [-0.4, -0.2) is 36.5 Å². The quantitative estimate of drug-likeness (QED) is 0.455. The molecule has 1 N–H and O–H groups in total. The maximum Gasteiger partial charge on any atom is 0.338 e. The number of carbonyl (C=O) groups is 3. The third-order valence-electron chi connectivity index (χ3n) is 3.25. The maximum absolute atomic E-state index is 12.1. The summed E-state index contributed by atoms with van der Waals surface area (Å²) >= 11 is 5.74. The number of ether oxygens (including phenoxy) is 2. The number of methoxy groups -OCH3 is 1. The summed E-state index contributed by atoms with van der Waals surface area (Å²) in [4.78, 5) is 45.7. The summed E-state index contributed by atoms with van der Waals surface area (Å²) in [6, 6.07) is 9.25. The van der Waals surface area contributed by atoms with Crippen LogP contribution in [0.1, 0.15) is 20.7 Å². The van der Waals surface area contributed by atoms with Crippen molar-refractivity contribution in [3.05, 3.63) is 68.7 Å². The van der Waals surface area contributed by atoms with Crippen LogP contribution in [0.4, 0.5) is 11.4 Å². The average molecular weight is 393 g/mol. The van der Waals surface area contributed by atoms with Gasteiger partial charge in [-0.05, 0) is 30.3 Å². The lowest BCUT2D eigenvalue weighted by Crippen LogP contribution is -2.21. The van der Waals surface area contributed by atoms with Crippen molar-refractivity contribution in [1.29, 1.82) is 0 Å². The molecule has 0 aliphatic heterocycles. The van der Waals surface area contributed by atoms with Crippen molar-refractivity contribution in [3.63, 3.8) is 0 Å². The normalized spacial score (nSPS) is 10.0. The molecule has 0 aliphatic rings. The zero-order chi connectivity index (χ0) is 20.0. The van der Waals surface area contributed by atoms with Gasteiger partial charge in [-0.15, -0.1) is 0 Å². The second-order valence-electron chi connectivity index (χ2n) is 5.15. The van der Waals surface area contributed by atoms with Crippen molar-refractivity contribution in [2.24, 2.45) is 0 Å². The standard InChI is InChI=1S/C17H13ClN2O7/c1-26-16(22)10-6-11(8-14(7-10)20(24)25)17(23)27-9-15(21)19-13-4-2-12(18)3-5-13/h2-8H,9H2,1H3,(H,19,21). The Kier molecular flexibility index (Phi) is 6.45. The first-order chi connectivity index (χ1) is 12.8. The lowest BCUT2D eigenvalue weighted by Gasteiger charge is -2.08. The smallest absolute Gasteiger partial charge is 0.338 e. The molecule has 10 heteroatoms.